The molecule has 7 heteroatoms. The number of methoxy groups -OCH3 is 1. The van der Waals surface area contributed by atoms with Crippen LogP contribution in [0.3, 0.4) is 0 Å². The minimum Gasteiger partial charge on any atom is -0.370 e. The topological polar surface area (TPSA) is 69.9 Å². The van der Waals surface area contributed by atoms with Crippen LogP contribution in [0.1, 0.15) is 28.5 Å². The minimum atomic E-state index is -0.827. The highest BCUT2D eigenvalue weighted by molar-refractivity contribution is 6.07. The molecule has 1 atom stereocenters. The number of aromatic nitrogens is 4. The standard InChI is InChI=1S/C19H17FN4O2/c1-11-16(22-23-24(11)15-5-4-8-21-18(15)20)12-6-7-14-13(9-12)10-19(2,26-3)17(14)25/h4-9H,10H2,1-3H3. The normalized spacial score (nSPS) is 19.0. The summed E-state index contributed by atoms with van der Waals surface area (Å²) < 4.78 is 20.8. The maximum absolute atomic E-state index is 14.0. The molecule has 0 saturated carbocycles. The van der Waals surface area contributed by atoms with Crippen molar-refractivity contribution in [2.75, 3.05) is 7.11 Å². The first-order valence-electron chi connectivity index (χ1n) is 8.21. The number of nitrogens with zero attached hydrogens (tertiary/aromatic N) is 4. The smallest absolute Gasteiger partial charge is 0.238 e. The molecular formula is C19H17FN4O2. The van der Waals surface area contributed by atoms with E-state index >= 15 is 0 Å². The van der Waals surface area contributed by atoms with Crippen molar-refractivity contribution in [1.29, 1.82) is 0 Å². The number of rotatable bonds is 3. The molecule has 2 aromatic heterocycles. The van der Waals surface area contributed by atoms with Gasteiger partial charge in [0.25, 0.3) is 0 Å². The Kier molecular flexibility index (Phi) is 3.69. The van der Waals surface area contributed by atoms with Crippen molar-refractivity contribution in [3.05, 3.63) is 59.3 Å². The number of hydrogen-bond acceptors (Lipinski definition) is 5. The number of halogens is 1. The van der Waals surface area contributed by atoms with Crippen molar-refractivity contribution < 1.29 is 13.9 Å². The molecule has 1 aliphatic rings. The molecule has 0 aliphatic heterocycles. The quantitative estimate of drug-likeness (QED) is 0.678. The first-order valence-corrected chi connectivity index (χ1v) is 8.21. The fourth-order valence-electron chi connectivity index (χ4n) is 3.36. The van der Waals surface area contributed by atoms with E-state index in [9.17, 15) is 9.18 Å². The predicted molar refractivity (Wildman–Crippen MR) is 92.7 cm³/mol. The molecule has 1 aliphatic carbocycles. The predicted octanol–water partition coefficient (Wildman–Crippen LogP) is 2.92. The summed E-state index contributed by atoms with van der Waals surface area (Å²) in [6.45, 7) is 3.61. The molecule has 1 aromatic carbocycles. The van der Waals surface area contributed by atoms with Crippen LogP contribution in [0, 0.1) is 12.9 Å². The summed E-state index contributed by atoms with van der Waals surface area (Å²) in [7, 11) is 1.54. The molecule has 0 N–H and O–H groups in total. The molecule has 0 spiro atoms. The zero-order valence-electron chi connectivity index (χ0n) is 14.7. The summed E-state index contributed by atoms with van der Waals surface area (Å²) >= 11 is 0. The Hall–Kier alpha value is -2.93. The van der Waals surface area contributed by atoms with E-state index in [0.29, 0.717) is 23.4 Å². The van der Waals surface area contributed by atoms with E-state index in [1.807, 2.05) is 19.1 Å². The monoisotopic (exact) mass is 352 g/mol. The second-order valence-corrected chi connectivity index (χ2v) is 6.56. The van der Waals surface area contributed by atoms with Crippen molar-refractivity contribution in [2.45, 2.75) is 25.9 Å². The lowest BCUT2D eigenvalue weighted by Crippen LogP contribution is -2.34. The maximum atomic E-state index is 14.0. The molecule has 132 valence electrons. The van der Waals surface area contributed by atoms with Gasteiger partial charge in [0, 0.05) is 30.9 Å². The van der Waals surface area contributed by atoms with Gasteiger partial charge < -0.3 is 4.74 Å². The number of Topliss-reactive ketones (excluding diaryl/α,β-unsaturated/α-hetero) is 1. The number of ketones is 1. The molecule has 4 rings (SSSR count). The lowest BCUT2D eigenvalue weighted by molar-refractivity contribution is 0.0182. The number of pyridine rings is 1. The van der Waals surface area contributed by atoms with E-state index in [-0.39, 0.29) is 11.5 Å². The Bertz CT molecular complexity index is 1030. The molecule has 0 fully saturated rings. The van der Waals surface area contributed by atoms with Crippen molar-refractivity contribution in [2.24, 2.45) is 0 Å². The van der Waals surface area contributed by atoms with E-state index < -0.39 is 11.5 Å². The van der Waals surface area contributed by atoms with E-state index in [4.69, 9.17) is 4.74 Å². The molecule has 1 unspecified atom stereocenters. The van der Waals surface area contributed by atoms with E-state index in [2.05, 4.69) is 15.3 Å². The number of hydrogen-bond donors (Lipinski definition) is 0. The molecule has 6 nitrogen and oxygen atoms in total. The van der Waals surface area contributed by atoms with Crippen LogP contribution < -0.4 is 0 Å². The van der Waals surface area contributed by atoms with Crippen LogP contribution in [-0.2, 0) is 11.2 Å². The van der Waals surface area contributed by atoms with Gasteiger partial charge >= 0.3 is 0 Å². The first-order chi connectivity index (χ1) is 12.4. The SMILES string of the molecule is COC1(C)Cc2cc(-c3nnn(-c4cccnc4F)c3C)ccc2C1=O. The summed E-state index contributed by atoms with van der Waals surface area (Å²) in [5, 5.41) is 8.28. The van der Waals surface area contributed by atoms with Crippen molar-refractivity contribution in [3.8, 4) is 16.9 Å². The Morgan fingerprint density at radius 2 is 2.12 bits per heavy atom. The van der Waals surface area contributed by atoms with Gasteiger partial charge in [-0.15, -0.1) is 5.10 Å². The van der Waals surface area contributed by atoms with Crippen LogP contribution in [0.5, 0.6) is 0 Å². The Labute approximate surface area is 149 Å². The van der Waals surface area contributed by atoms with E-state index in [1.165, 1.54) is 10.9 Å². The average Bonchev–Trinajstić information content (AvgIpc) is 3.13. The highest BCUT2D eigenvalue weighted by Crippen LogP contribution is 2.35. The molecule has 26 heavy (non-hydrogen) atoms. The molecule has 0 amide bonds. The van der Waals surface area contributed by atoms with Crippen molar-refractivity contribution >= 4 is 5.78 Å². The van der Waals surface area contributed by atoms with Crippen molar-refractivity contribution in [3.63, 3.8) is 0 Å². The fourth-order valence-corrected chi connectivity index (χ4v) is 3.36. The third-order valence-electron chi connectivity index (χ3n) is 4.94. The molecular weight excluding hydrogens is 335 g/mol. The molecule has 0 bridgehead atoms. The second-order valence-electron chi connectivity index (χ2n) is 6.56. The number of carbonyl (C=O) groups is 1. The van der Waals surface area contributed by atoms with Crippen LogP contribution in [0.4, 0.5) is 4.39 Å². The Balaban J connectivity index is 1.77. The van der Waals surface area contributed by atoms with Crippen LogP contribution in [-0.4, -0.2) is 38.5 Å². The average molecular weight is 352 g/mol. The lowest BCUT2D eigenvalue weighted by atomic mass is 10.0. The summed E-state index contributed by atoms with van der Waals surface area (Å²) in [4.78, 5) is 16.1. The molecule has 0 radical (unpaired) electrons. The molecule has 0 saturated heterocycles. The number of benzene rings is 1. The Morgan fingerprint density at radius 3 is 2.85 bits per heavy atom. The van der Waals surface area contributed by atoms with Crippen LogP contribution in [0.25, 0.3) is 16.9 Å². The highest BCUT2D eigenvalue weighted by Gasteiger charge is 2.41. The minimum absolute atomic E-state index is 0.0145. The third kappa shape index (κ3) is 2.35. The highest BCUT2D eigenvalue weighted by atomic mass is 19.1. The van der Waals surface area contributed by atoms with Gasteiger partial charge in [-0.05, 0) is 37.6 Å². The van der Waals surface area contributed by atoms with Gasteiger partial charge in [0.15, 0.2) is 5.78 Å². The van der Waals surface area contributed by atoms with Gasteiger partial charge in [0.2, 0.25) is 5.95 Å². The summed E-state index contributed by atoms with van der Waals surface area (Å²) in [5.41, 5.74) is 3.15. The lowest BCUT2D eigenvalue weighted by Gasteiger charge is -2.19. The van der Waals surface area contributed by atoms with Crippen LogP contribution in [0.15, 0.2) is 36.5 Å². The van der Waals surface area contributed by atoms with Gasteiger partial charge in [-0.3, -0.25) is 4.79 Å². The summed E-state index contributed by atoms with van der Waals surface area (Å²) in [5.74, 6) is -0.623. The van der Waals surface area contributed by atoms with Crippen molar-refractivity contribution in [1.82, 2.24) is 20.0 Å². The van der Waals surface area contributed by atoms with Gasteiger partial charge in [0.05, 0.1) is 5.69 Å². The maximum Gasteiger partial charge on any atom is 0.238 e. The summed E-state index contributed by atoms with van der Waals surface area (Å²) in [6, 6.07) is 8.79. The zero-order valence-corrected chi connectivity index (χ0v) is 14.7. The van der Waals surface area contributed by atoms with Gasteiger partial charge in [-0.1, -0.05) is 17.3 Å². The van der Waals surface area contributed by atoms with Gasteiger partial charge in [-0.25, -0.2) is 9.67 Å². The molecule has 2 heterocycles. The van der Waals surface area contributed by atoms with Gasteiger partial charge in [-0.2, -0.15) is 4.39 Å². The van der Waals surface area contributed by atoms with E-state index in [0.717, 1.165) is 11.1 Å². The first kappa shape index (κ1) is 16.5. The van der Waals surface area contributed by atoms with E-state index in [1.54, 1.807) is 32.2 Å². The van der Waals surface area contributed by atoms with Gasteiger partial charge in [0.1, 0.15) is 17.0 Å². The number of fused-ring (bicyclic) bond motifs is 1. The molecule has 3 aromatic rings. The summed E-state index contributed by atoms with van der Waals surface area (Å²) in [6.07, 6.45) is 1.90. The largest absolute Gasteiger partial charge is 0.370 e. The van der Waals surface area contributed by atoms with Crippen LogP contribution >= 0.6 is 0 Å². The number of ether oxygens (including phenoxy) is 1. The fraction of sp³-hybridized carbons (Fsp3) is 0.263. The number of carbonyl (C=O) groups excluding carboxylic acids is 1. The Morgan fingerprint density at radius 1 is 1.31 bits per heavy atom. The second kappa shape index (κ2) is 5.81. The third-order valence-corrected chi connectivity index (χ3v) is 4.94. The zero-order chi connectivity index (χ0) is 18.5. The van der Waals surface area contributed by atoms with Crippen LogP contribution in [0.2, 0.25) is 0 Å².